The van der Waals surface area contributed by atoms with Crippen LogP contribution < -0.4 is 20.9 Å². The van der Waals surface area contributed by atoms with Gasteiger partial charge in [0.05, 0.1) is 74.6 Å². The van der Waals surface area contributed by atoms with Gasteiger partial charge in [-0.05, 0) is 42.8 Å². The van der Waals surface area contributed by atoms with Crippen molar-refractivity contribution in [2.75, 3.05) is 121 Å². The predicted molar refractivity (Wildman–Crippen MR) is 256 cm³/mol. The van der Waals surface area contributed by atoms with Gasteiger partial charge in [0.2, 0.25) is 29.6 Å². The van der Waals surface area contributed by atoms with Gasteiger partial charge < -0.3 is 49.4 Å². The van der Waals surface area contributed by atoms with Crippen LogP contribution in [0.4, 0.5) is 26.2 Å². The van der Waals surface area contributed by atoms with Crippen LogP contribution in [0.2, 0.25) is 5.02 Å². The van der Waals surface area contributed by atoms with Crippen LogP contribution in [0.25, 0.3) is 22.0 Å². The first-order valence-electron chi connectivity index (χ1n) is 23.0. The summed E-state index contributed by atoms with van der Waals surface area (Å²) in [5.74, 6) is -4.75. The van der Waals surface area contributed by atoms with Crippen molar-refractivity contribution in [2.45, 2.75) is 25.3 Å². The largest absolute Gasteiger partial charge is 0.507 e. The zero-order valence-electron chi connectivity index (χ0n) is 39.0. The predicted octanol–water partition coefficient (Wildman–Crippen LogP) is 3.61. The number of piperazine rings is 1. The Morgan fingerprint density at radius 1 is 0.873 bits per heavy atom. The lowest BCUT2D eigenvalue weighted by Crippen LogP contribution is -2.54. The van der Waals surface area contributed by atoms with Crippen LogP contribution in [0.1, 0.15) is 40.0 Å². The monoisotopic (exact) mass is 1010 g/mol. The number of nitrogens with one attached hydrogen (secondary N) is 3. The van der Waals surface area contributed by atoms with Gasteiger partial charge in [0.1, 0.15) is 28.9 Å². The second-order valence-corrected chi connectivity index (χ2v) is 16.9. The topological polar surface area (TPSA) is 234 Å². The number of imide groups is 2. The summed E-state index contributed by atoms with van der Waals surface area (Å²) in [6, 6.07) is 8.80. The standard InChI is InChI=1S/C48H54ClF2N9O11/c1-3-37(63)58-15-17-59(18-16-58)44-30-28-31(49)40(41-32(50)7-5-9-35(41)61)42(51)43(30)55-48(56-44)53-13-12-38(64)57(2)19-21-69-23-25-71-27-26-70-24-22-68-20-14-52-33-8-4-6-29-39(33)47(67)60(46(29)66)34-10-11-36(62)54-45(34)65/h3-9,28,34,52,61H,1,10-27H2,2H3,(H,53,55,56)(H,54,62,65). The van der Waals surface area contributed by atoms with Crippen molar-refractivity contribution < 1.29 is 61.6 Å². The molecule has 4 N–H and O–H groups in total. The highest BCUT2D eigenvalue weighted by molar-refractivity contribution is 6.34. The molecule has 0 aliphatic carbocycles. The van der Waals surface area contributed by atoms with Gasteiger partial charge in [0, 0.05) is 82.3 Å². The van der Waals surface area contributed by atoms with E-state index in [1.807, 2.05) is 4.90 Å². The van der Waals surface area contributed by atoms with Crippen LogP contribution in [0.3, 0.4) is 0 Å². The molecule has 20 nitrogen and oxygen atoms in total. The number of amides is 6. The molecule has 3 aliphatic heterocycles. The minimum Gasteiger partial charge on any atom is -0.507 e. The van der Waals surface area contributed by atoms with Crippen LogP contribution in [0, 0.1) is 11.6 Å². The lowest BCUT2D eigenvalue weighted by atomic mass is 10.0. The first kappa shape index (κ1) is 52.0. The summed E-state index contributed by atoms with van der Waals surface area (Å²) in [5.41, 5.74) is -0.168. The van der Waals surface area contributed by atoms with Crippen molar-refractivity contribution in [3.63, 3.8) is 0 Å². The summed E-state index contributed by atoms with van der Waals surface area (Å²) in [6.45, 7) is 8.08. The van der Waals surface area contributed by atoms with Gasteiger partial charge in [0.15, 0.2) is 5.82 Å². The average molecular weight is 1010 g/mol. The Morgan fingerprint density at radius 3 is 2.23 bits per heavy atom. The van der Waals surface area contributed by atoms with E-state index in [0.29, 0.717) is 90.4 Å². The molecular weight excluding hydrogens is 952 g/mol. The number of piperidine rings is 1. The van der Waals surface area contributed by atoms with Gasteiger partial charge in [-0.2, -0.15) is 4.98 Å². The molecule has 7 rings (SSSR count). The molecule has 1 aromatic heterocycles. The molecule has 71 heavy (non-hydrogen) atoms. The fourth-order valence-electron chi connectivity index (χ4n) is 8.24. The number of hydrogen-bond donors (Lipinski definition) is 4. The second-order valence-electron chi connectivity index (χ2n) is 16.5. The quantitative estimate of drug-likeness (QED) is 0.0446. The van der Waals surface area contributed by atoms with Gasteiger partial charge in [-0.1, -0.05) is 30.3 Å². The molecule has 6 amide bonds. The molecule has 1 unspecified atom stereocenters. The summed E-state index contributed by atoms with van der Waals surface area (Å²) < 4.78 is 53.8. The van der Waals surface area contributed by atoms with Gasteiger partial charge >= 0.3 is 0 Å². The molecule has 4 aromatic rings. The number of anilines is 3. The van der Waals surface area contributed by atoms with Gasteiger partial charge in [0.25, 0.3) is 11.8 Å². The maximum absolute atomic E-state index is 16.4. The maximum atomic E-state index is 16.4. The van der Waals surface area contributed by atoms with Crippen molar-refractivity contribution in [1.82, 2.24) is 30.0 Å². The molecular formula is C48H54ClF2N9O11. The Balaban J connectivity index is 0.773. The number of rotatable bonds is 24. The molecule has 4 heterocycles. The number of fused-ring (bicyclic) bond motifs is 2. The number of carbonyl (C=O) groups is 6. The van der Waals surface area contributed by atoms with Crippen molar-refractivity contribution in [2.24, 2.45) is 0 Å². The Hall–Kier alpha value is -6.85. The number of nitrogens with zero attached hydrogens (tertiary/aromatic N) is 6. The minimum atomic E-state index is -1.05. The van der Waals surface area contributed by atoms with E-state index in [2.05, 4.69) is 32.5 Å². The number of hydrogen-bond acceptors (Lipinski definition) is 16. The second kappa shape index (κ2) is 24.3. The summed E-state index contributed by atoms with van der Waals surface area (Å²) in [5, 5.41) is 18.9. The van der Waals surface area contributed by atoms with Crippen molar-refractivity contribution in [3.8, 4) is 16.9 Å². The third-order valence-electron chi connectivity index (χ3n) is 11.9. The third-order valence-corrected chi connectivity index (χ3v) is 12.2. The number of phenolic OH excluding ortho intramolecular Hbond substituents is 1. The van der Waals surface area contributed by atoms with E-state index in [0.717, 1.165) is 11.0 Å². The van der Waals surface area contributed by atoms with Crippen LogP contribution >= 0.6 is 11.6 Å². The molecule has 3 aromatic carbocycles. The van der Waals surface area contributed by atoms with E-state index >= 15 is 4.39 Å². The third kappa shape index (κ3) is 12.4. The smallest absolute Gasteiger partial charge is 0.264 e. The van der Waals surface area contributed by atoms with E-state index < -0.39 is 52.6 Å². The van der Waals surface area contributed by atoms with Gasteiger partial charge in [-0.3, -0.25) is 39.0 Å². The van der Waals surface area contributed by atoms with E-state index in [1.54, 1.807) is 24.1 Å². The first-order chi connectivity index (χ1) is 34.3. The fourth-order valence-corrected chi connectivity index (χ4v) is 8.52. The number of halogens is 3. The Bertz CT molecular complexity index is 2650. The number of ether oxygens (including phenoxy) is 4. The number of carbonyl (C=O) groups excluding carboxylic acids is 6. The zero-order valence-corrected chi connectivity index (χ0v) is 39.7. The average Bonchev–Trinajstić information content (AvgIpc) is 3.61. The molecule has 0 saturated carbocycles. The lowest BCUT2D eigenvalue weighted by Gasteiger charge is -2.35. The van der Waals surface area contributed by atoms with Crippen LogP contribution in [-0.4, -0.2) is 177 Å². The maximum Gasteiger partial charge on any atom is 0.264 e. The van der Waals surface area contributed by atoms with E-state index in [1.165, 1.54) is 35.2 Å². The molecule has 0 bridgehead atoms. The van der Waals surface area contributed by atoms with Crippen LogP contribution in [0.15, 0.2) is 55.1 Å². The Kier molecular flexibility index (Phi) is 17.8. The Morgan fingerprint density at radius 2 is 1.55 bits per heavy atom. The summed E-state index contributed by atoms with van der Waals surface area (Å²) in [7, 11) is 1.64. The molecule has 2 fully saturated rings. The van der Waals surface area contributed by atoms with Crippen LogP contribution in [-0.2, 0) is 38.1 Å². The van der Waals surface area contributed by atoms with Gasteiger partial charge in [-0.15, -0.1) is 0 Å². The minimum absolute atomic E-state index is 0.000679. The van der Waals surface area contributed by atoms with E-state index in [4.69, 9.17) is 30.5 Å². The van der Waals surface area contributed by atoms with Crippen molar-refractivity contribution >= 4 is 75.4 Å². The number of phenols is 1. The molecule has 3 aliphatic rings. The van der Waals surface area contributed by atoms with Crippen molar-refractivity contribution in [3.05, 3.63) is 82.9 Å². The zero-order chi connectivity index (χ0) is 50.6. The summed E-state index contributed by atoms with van der Waals surface area (Å²) >= 11 is 6.56. The summed E-state index contributed by atoms with van der Waals surface area (Å²) in [4.78, 5) is 90.4. The van der Waals surface area contributed by atoms with Crippen LogP contribution in [0.5, 0.6) is 5.75 Å². The normalized spacial score (nSPS) is 15.8. The van der Waals surface area contributed by atoms with E-state index in [-0.39, 0.29) is 89.4 Å². The highest BCUT2D eigenvalue weighted by Gasteiger charge is 2.45. The Labute approximate surface area is 412 Å². The highest BCUT2D eigenvalue weighted by Crippen LogP contribution is 2.43. The first-order valence-corrected chi connectivity index (χ1v) is 23.4. The van der Waals surface area contributed by atoms with Gasteiger partial charge in [-0.25, -0.2) is 13.8 Å². The number of aromatic nitrogens is 2. The van der Waals surface area contributed by atoms with E-state index in [9.17, 15) is 38.3 Å². The highest BCUT2D eigenvalue weighted by atomic mass is 35.5. The molecule has 0 radical (unpaired) electrons. The SMILES string of the molecule is C=CC(=O)N1CCN(c2nc(NCCC(=O)N(C)CCOCCOCCOCCOCCNc3cccc4c3C(=O)N(C3CCC(=O)NC3=O)C4=O)nc3c(F)c(-c4c(O)cccc4F)c(Cl)cc23)CC1. The number of likely N-dealkylation sites (N-methyl/N-ethyl adjacent to an activating group) is 1. The molecule has 378 valence electrons. The lowest BCUT2D eigenvalue weighted by molar-refractivity contribution is -0.136. The number of benzene rings is 3. The fraction of sp³-hybridized carbons (Fsp3) is 0.417. The molecule has 23 heteroatoms. The summed E-state index contributed by atoms with van der Waals surface area (Å²) in [6.07, 6.45) is 1.38. The molecule has 2 saturated heterocycles. The van der Waals surface area contributed by atoms with Crippen molar-refractivity contribution in [1.29, 1.82) is 0 Å². The molecule has 1 atom stereocenters. The number of aromatic hydroxyl groups is 1. The molecule has 0 spiro atoms.